The van der Waals surface area contributed by atoms with Gasteiger partial charge in [0.15, 0.2) is 0 Å². The Bertz CT molecular complexity index is 934. The standard InChI is InChI=1S/C28H39FN4O/c1-2-17-34-18-12-22-21-33(27-20-24(11-13-30-27)31-14-4-3-5-15-31)26-10-7-16-32(28(22)26)25-9-6-8-23(29)19-25/h6,8-9,11,13,19-20,22,26,28H,2-5,7,10,12,14-18,21H2,1H3/t22-,26+,28+/m0/s1. The van der Waals surface area contributed by atoms with Crippen LogP contribution < -0.4 is 14.7 Å². The first-order chi connectivity index (χ1) is 16.7. The molecule has 3 fully saturated rings. The zero-order valence-electron chi connectivity index (χ0n) is 20.5. The van der Waals surface area contributed by atoms with Gasteiger partial charge in [-0.05, 0) is 69.2 Å². The number of ether oxygens (including phenoxy) is 1. The van der Waals surface area contributed by atoms with Crippen molar-refractivity contribution in [1.82, 2.24) is 4.98 Å². The van der Waals surface area contributed by atoms with E-state index in [0.717, 1.165) is 76.6 Å². The van der Waals surface area contributed by atoms with E-state index in [1.807, 2.05) is 12.3 Å². The molecule has 34 heavy (non-hydrogen) atoms. The molecular weight excluding hydrogens is 427 g/mol. The molecular formula is C28H39FN4O. The molecule has 0 spiro atoms. The summed E-state index contributed by atoms with van der Waals surface area (Å²) >= 11 is 0. The molecule has 1 aromatic carbocycles. The van der Waals surface area contributed by atoms with E-state index in [9.17, 15) is 4.39 Å². The van der Waals surface area contributed by atoms with Gasteiger partial charge in [0.2, 0.25) is 0 Å². The Kier molecular flexibility index (Phi) is 7.53. The second kappa shape index (κ2) is 10.9. The predicted octanol–water partition coefficient (Wildman–Crippen LogP) is 5.50. The molecule has 3 aliphatic heterocycles. The summed E-state index contributed by atoms with van der Waals surface area (Å²) in [5.74, 6) is 1.40. The molecule has 0 aliphatic carbocycles. The molecule has 0 unspecified atom stereocenters. The lowest BCUT2D eigenvalue weighted by molar-refractivity contribution is 0.119. The summed E-state index contributed by atoms with van der Waals surface area (Å²) in [6, 6.07) is 12.3. The van der Waals surface area contributed by atoms with Crippen molar-refractivity contribution in [2.24, 2.45) is 5.92 Å². The number of piperidine rings is 2. The van der Waals surface area contributed by atoms with Gasteiger partial charge in [-0.15, -0.1) is 0 Å². The first-order valence-corrected chi connectivity index (χ1v) is 13.3. The molecule has 6 heteroatoms. The third-order valence-electron chi connectivity index (χ3n) is 7.83. The third-order valence-corrected chi connectivity index (χ3v) is 7.83. The highest BCUT2D eigenvalue weighted by Gasteiger charge is 2.47. The quantitative estimate of drug-likeness (QED) is 0.480. The molecule has 2 aromatic rings. The van der Waals surface area contributed by atoms with Crippen LogP contribution in [0.3, 0.4) is 0 Å². The van der Waals surface area contributed by atoms with E-state index in [4.69, 9.17) is 9.72 Å². The van der Waals surface area contributed by atoms with Crippen LogP contribution in [0.25, 0.3) is 0 Å². The minimum Gasteiger partial charge on any atom is -0.381 e. The van der Waals surface area contributed by atoms with Gasteiger partial charge < -0.3 is 19.4 Å². The highest BCUT2D eigenvalue weighted by atomic mass is 19.1. The van der Waals surface area contributed by atoms with Crippen molar-refractivity contribution in [3.8, 4) is 0 Å². The van der Waals surface area contributed by atoms with E-state index in [2.05, 4.69) is 39.8 Å². The van der Waals surface area contributed by atoms with Crippen LogP contribution in [0.15, 0.2) is 42.6 Å². The zero-order valence-corrected chi connectivity index (χ0v) is 20.5. The van der Waals surface area contributed by atoms with E-state index >= 15 is 0 Å². The second-order valence-electron chi connectivity index (χ2n) is 10.1. The van der Waals surface area contributed by atoms with Crippen molar-refractivity contribution < 1.29 is 9.13 Å². The molecule has 5 nitrogen and oxygen atoms in total. The normalized spacial score (nSPS) is 25.0. The highest BCUT2D eigenvalue weighted by Crippen LogP contribution is 2.41. The van der Waals surface area contributed by atoms with Crippen molar-refractivity contribution in [1.29, 1.82) is 0 Å². The molecule has 0 N–H and O–H groups in total. The maximum Gasteiger partial charge on any atom is 0.130 e. The smallest absolute Gasteiger partial charge is 0.130 e. The van der Waals surface area contributed by atoms with Gasteiger partial charge in [0.25, 0.3) is 0 Å². The molecule has 0 radical (unpaired) electrons. The first kappa shape index (κ1) is 23.4. The number of halogens is 1. The Morgan fingerprint density at radius 1 is 0.971 bits per heavy atom. The number of hydrogen-bond acceptors (Lipinski definition) is 5. The van der Waals surface area contributed by atoms with Crippen LogP contribution in [0.1, 0.15) is 51.9 Å². The van der Waals surface area contributed by atoms with Crippen molar-refractivity contribution in [2.45, 2.75) is 64.0 Å². The largest absolute Gasteiger partial charge is 0.381 e. The molecule has 184 valence electrons. The molecule has 5 rings (SSSR count). The minimum atomic E-state index is -0.159. The summed E-state index contributed by atoms with van der Waals surface area (Å²) < 4.78 is 20.0. The summed E-state index contributed by atoms with van der Waals surface area (Å²) in [4.78, 5) is 12.4. The zero-order chi connectivity index (χ0) is 23.3. The van der Waals surface area contributed by atoms with Gasteiger partial charge in [-0.2, -0.15) is 0 Å². The second-order valence-corrected chi connectivity index (χ2v) is 10.1. The fraction of sp³-hybridized carbons (Fsp3) is 0.607. The number of anilines is 3. The average Bonchev–Trinajstić information content (AvgIpc) is 3.26. The average molecular weight is 467 g/mol. The Balaban J connectivity index is 1.41. The Morgan fingerprint density at radius 3 is 2.68 bits per heavy atom. The first-order valence-electron chi connectivity index (χ1n) is 13.3. The van der Waals surface area contributed by atoms with Gasteiger partial charge in [-0.1, -0.05) is 13.0 Å². The maximum absolute atomic E-state index is 14.1. The molecule has 4 heterocycles. The van der Waals surface area contributed by atoms with Crippen LogP contribution in [0, 0.1) is 11.7 Å². The van der Waals surface area contributed by atoms with Gasteiger partial charge in [0.05, 0.1) is 12.1 Å². The van der Waals surface area contributed by atoms with Crippen LogP contribution in [0.5, 0.6) is 0 Å². The number of pyridine rings is 1. The Hall–Kier alpha value is -2.34. The summed E-state index contributed by atoms with van der Waals surface area (Å²) in [6.45, 7) is 7.99. The van der Waals surface area contributed by atoms with Crippen LogP contribution in [0.2, 0.25) is 0 Å². The van der Waals surface area contributed by atoms with Gasteiger partial charge in [0.1, 0.15) is 11.6 Å². The van der Waals surface area contributed by atoms with E-state index in [0.29, 0.717) is 18.0 Å². The van der Waals surface area contributed by atoms with Gasteiger partial charge >= 0.3 is 0 Å². The van der Waals surface area contributed by atoms with Crippen LogP contribution in [-0.2, 0) is 4.74 Å². The lowest BCUT2D eigenvalue weighted by Gasteiger charge is -2.43. The van der Waals surface area contributed by atoms with Crippen molar-refractivity contribution in [2.75, 3.05) is 54.1 Å². The van der Waals surface area contributed by atoms with Crippen LogP contribution in [-0.4, -0.2) is 56.5 Å². The van der Waals surface area contributed by atoms with Crippen LogP contribution >= 0.6 is 0 Å². The molecule has 1 aromatic heterocycles. The molecule has 3 atom stereocenters. The fourth-order valence-corrected chi connectivity index (χ4v) is 6.28. The number of nitrogens with zero attached hydrogens (tertiary/aromatic N) is 4. The van der Waals surface area contributed by atoms with E-state index in [1.165, 1.54) is 31.0 Å². The minimum absolute atomic E-state index is 0.159. The van der Waals surface area contributed by atoms with E-state index in [-0.39, 0.29) is 5.82 Å². The molecule has 0 saturated carbocycles. The van der Waals surface area contributed by atoms with Crippen molar-refractivity contribution in [3.05, 3.63) is 48.4 Å². The lowest BCUT2D eigenvalue weighted by Crippen LogP contribution is -2.52. The topological polar surface area (TPSA) is 31.8 Å². The summed E-state index contributed by atoms with van der Waals surface area (Å²) in [5.41, 5.74) is 2.31. The number of benzene rings is 1. The SMILES string of the molecule is CCCOCC[C@H]1CN(c2cc(N3CCCCC3)ccn2)[C@@H]2CCCN(c3cccc(F)c3)[C@H]12. The monoisotopic (exact) mass is 466 g/mol. The Labute approximate surface area is 203 Å². The summed E-state index contributed by atoms with van der Waals surface area (Å²) in [6.07, 6.45) is 10.2. The number of aromatic nitrogens is 1. The van der Waals surface area contributed by atoms with Gasteiger partial charge in [0, 0.05) is 68.9 Å². The molecule has 3 aliphatic rings. The molecule has 0 amide bonds. The van der Waals surface area contributed by atoms with Gasteiger partial charge in [-0.25, -0.2) is 9.37 Å². The van der Waals surface area contributed by atoms with E-state index < -0.39 is 0 Å². The maximum atomic E-state index is 14.1. The summed E-state index contributed by atoms with van der Waals surface area (Å²) in [7, 11) is 0. The van der Waals surface area contributed by atoms with Gasteiger partial charge in [-0.3, -0.25) is 0 Å². The van der Waals surface area contributed by atoms with Crippen LogP contribution in [0.4, 0.5) is 21.6 Å². The number of fused-ring (bicyclic) bond motifs is 1. The fourth-order valence-electron chi connectivity index (χ4n) is 6.28. The lowest BCUT2D eigenvalue weighted by atomic mass is 9.88. The van der Waals surface area contributed by atoms with E-state index in [1.54, 1.807) is 6.07 Å². The molecule has 0 bridgehead atoms. The third kappa shape index (κ3) is 5.02. The van der Waals surface area contributed by atoms with Crippen molar-refractivity contribution >= 4 is 17.2 Å². The highest BCUT2D eigenvalue weighted by molar-refractivity contribution is 5.58. The van der Waals surface area contributed by atoms with Crippen molar-refractivity contribution in [3.63, 3.8) is 0 Å². The number of rotatable bonds is 8. The Morgan fingerprint density at radius 2 is 1.85 bits per heavy atom. The molecule has 3 saturated heterocycles. The number of hydrogen-bond donors (Lipinski definition) is 0. The summed E-state index contributed by atoms with van der Waals surface area (Å²) in [5, 5.41) is 0. The predicted molar refractivity (Wildman–Crippen MR) is 137 cm³/mol.